The second kappa shape index (κ2) is 8.92. The molecule has 0 amide bonds. The van der Waals surface area contributed by atoms with Gasteiger partial charge in [-0.2, -0.15) is 0 Å². The first kappa shape index (κ1) is 20.1. The maximum atomic E-state index is 6.13. The average molecular weight is 344 g/mol. The molecule has 3 unspecified atom stereocenters. The summed E-state index contributed by atoms with van der Waals surface area (Å²) in [5, 5.41) is 10.5. The molecule has 0 bridgehead atoms. The summed E-state index contributed by atoms with van der Waals surface area (Å²) in [6, 6.07) is 0.685. The molecule has 0 radical (unpaired) electrons. The van der Waals surface area contributed by atoms with E-state index in [1.165, 1.54) is 0 Å². The topological polar surface area (TPSA) is 63.8 Å². The Morgan fingerprint density at radius 3 is 2.46 bits per heavy atom. The first-order valence-corrected chi connectivity index (χ1v) is 9.29. The highest BCUT2D eigenvalue weighted by atomic mass is 16.5. The van der Waals surface area contributed by atoms with Gasteiger partial charge >= 0.3 is 0 Å². The lowest BCUT2D eigenvalue weighted by Gasteiger charge is -2.37. The van der Waals surface area contributed by atoms with E-state index in [9.17, 15) is 0 Å². The summed E-state index contributed by atoms with van der Waals surface area (Å²) in [6.07, 6.45) is 1.11. The van der Waals surface area contributed by atoms with Crippen LogP contribution >= 0.6 is 0 Å². The maximum Gasteiger partial charge on any atom is 0.0727 e. The Hall–Kier alpha value is -0.240. The van der Waals surface area contributed by atoms with E-state index in [1.54, 1.807) is 0 Å². The van der Waals surface area contributed by atoms with Gasteiger partial charge in [0.05, 0.1) is 44.2 Å². The van der Waals surface area contributed by atoms with Crippen LogP contribution in [0.4, 0.5) is 0 Å². The molecule has 24 heavy (non-hydrogen) atoms. The van der Waals surface area contributed by atoms with Gasteiger partial charge in [-0.1, -0.05) is 0 Å². The van der Waals surface area contributed by atoms with E-state index < -0.39 is 0 Å². The van der Waals surface area contributed by atoms with E-state index in [0.29, 0.717) is 18.7 Å². The highest BCUT2D eigenvalue weighted by molar-refractivity contribution is 4.85. The molecular weight excluding hydrogens is 306 g/mol. The molecule has 0 spiro atoms. The molecule has 0 aromatic carbocycles. The molecule has 2 heterocycles. The molecule has 0 aliphatic carbocycles. The summed E-state index contributed by atoms with van der Waals surface area (Å²) in [5.41, 5.74) is -0.0484. The van der Waals surface area contributed by atoms with E-state index in [2.05, 4.69) is 50.6 Å². The molecule has 0 aromatic heterocycles. The summed E-state index contributed by atoms with van der Waals surface area (Å²) in [4.78, 5) is 0. The van der Waals surface area contributed by atoms with E-state index in [1.807, 2.05) is 0 Å². The molecule has 6 heteroatoms. The van der Waals surface area contributed by atoms with Crippen molar-refractivity contribution < 1.29 is 14.2 Å². The minimum Gasteiger partial charge on any atom is -0.378 e. The Kier molecular flexibility index (Phi) is 7.46. The Bertz CT molecular complexity index is 357. The predicted octanol–water partition coefficient (Wildman–Crippen LogP) is 0.905. The molecule has 6 nitrogen and oxygen atoms in total. The van der Waals surface area contributed by atoms with Crippen LogP contribution in [0, 0.1) is 0 Å². The van der Waals surface area contributed by atoms with Crippen molar-refractivity contribution >= 4 is 0 Å². The van der Waals surface area contributed by atoms with Crippen LogP contribution in [0.25, 0.3) is 0 Å². The Labute approximate surface area is 147 Å². The van der Waals surface area contributed by atoms with Gasteiger partial charge in [-0.3, -0.25) is 0 Å². The molecule has 2 saturated heterocycles. The van der Waals surface area contributed by atoms with Gasteiger partial charge in [-0.15, -0.1) is 0 Å². The van der Waals surface area contributed by atoms with Crippen molar-refractivity contribution in [2.45, 2.75) is 70.4 Å². The zero-order chi connectivity index (χ0) is 17.6. The minimum atomic E-state index is -0.192. The predicted molar refractivity (Wildman–Crippen MR) is 96.5 cm³/mol. The molecular formula is C18H37N3O3. The summed E-state index contributed by atoms with van der Waals surface area (Å²) < 4.78 is 17.7. The summed E-state index contributed by atoms with van der Waals surface area (Å²) in [6.45, 7) is 16.6. The molecule has 2 rings (SSSR count). The first-order valence-electron chi connectivity index (χ1n) is 9.29. The van der Waals surface area contributed by atoms with Crippen LogP contribution in [-0.4, -0.2) is 75.4 Å². The SMILES string of the molecule is CC(C)(C)NCC1COC(CC(C)(C)OCC2COCCN2)CN1. The van der Waals surface area contributed by atoms with Gasteiger partial charge in [0.2, 0.25) is 0 Å². The molecule has 142 valence electrons. The number of morpholine rings is 2. The Morgan fingerprint density at radius 1 is 1.08 bits per heavy atom. The van der Waals surface area contributed by atoms with E-state index >= 15 is 0 Å². The lowest BCUT2D eigenvalue weighted by molar-refractivity contribution is -0.0912. The monoisotopic (exact) mass is 343 g/mol. The number of rotatable bonds is 7. The van der Waals surface area contributed by atoms with Gasteiger partial charge in [0, 0.05) is 37.6 Å². The zero-order valence-electron chi connectivity index (χ0n) is 16.1. The van der Waals surface area contributed by atoms with Crippen molar-refractivity contribution in [1.29, 1.82) is 0 Å². The van der Waals surface area contributed by atoms with Crippen molar-refractivity contribution in [3.63, 3.8) is 0 Å². The van der Waals surface area contributed by atoms with Crippen LogP contribution in [0.1, 0.15) is 41.0 Å². The largest absolute Gasteiger partial charge is 0.378 e. The molecule has 2 aliphatic heterocycles. The number of ether oxygens (including phenoxy) is 3. The number of hydrogen-bond donors (Lipinski definition) is 3. The summed E-state index contributed by atoms with van der Waals surface area (Å²) in [5.74, 6) is 0. The standard InChI is InChI=1S/C18H37N3O3/c1-17(2,3)21-9-14-12-23-16(10-20-14)8-18(4,5)24-13-15-11-22-7-6-19-15/h14-16,19-21H,6-13H2,1-5H3. The summed E-state index contributed by atoms with van der Waals surface area (Å²) in [7, 11) is 0. The lowest BCUT2D eigenvalue weighted by atomic mass is 9.99. The quantitative estimate of drug-likeness (QED) is 0.639. The van der Waals surface area contributed by atoms with E-state index in [4.69, 9.17) is 14.2 Å². The van der Waals surface area contributed by atoms with Gasteiger partial charge in [0.1, 0.15) is 0 Å². The summed E-state index contributed by atoms with van der Waals surface area (Å²) >= 11 is 0. The Morgan fingerprint density at radius 2 is 1.88 bits per heavy atom. The second-order valence-electron chi connectivity index (χ2n) is 8.69. The Balaban J connectivity index is 1.64. The molecule has 0 saturated carbocycles. The van der Waals surface area contributed by atoms with Gasteiger partial charge < -0.3 is 30.2 Å². The van der Waals surface area contributed by atoms with Crippen LogP contribution in [0.5, 0.6) is 0 Å². The lowest BCUT2D eigenvalue weighted by Crippen LogP contribution is -2.54. The third kappa shape index (κ3) is 7.76. The molecule has 3 N–H and O–H groups in total. The highest BCUT2D eigenvalue weighted by Crippen LogP contribution is 2.20. The fourth-order valence-corrected chi connectivity index (χ4v) is 3.02. The first-order chi connectivity index (χ1) is 11.2. The number of nitrogens with one attached hydrogen (secondary N) is 3. The molecule has 0 aromatic rings. The fraction of sp³-hybridized carbons (Fsp3) is 1.00. The van der Waals surface area contributed by atoms with Gasteiger partial charge in [-0.25, -0.2) is 0 Å². The van der Waals surface area contributed by atoms with Gasteiger partial charge in [-0.05, 0) is 34.6 Å². The van der Waals surface area contributed by atoms with Gasteiger partial charge in [0.15, 0.2) is 0 Å². The van der Waals surface area contributed by atoms with Crippen LogP contribution in [0.2, 0.25) is 0 Å². The van der Waals surface area contributed by atoms with Crippen molar-refractivity contribution in [3.05, 3.63) is 0 Å². The fourth-order valence-electron chi connectivity index (χ4n) is 3.02. The van der Waals surface area contributed by atoms with Crippen LogP contribution in [0.3, 0.4) is 0 Å². The average Bonchev–Trinajstić information content (AvgIpc) is 2.52. The molecule has 3 atom stereocenters. The van der Waals surface area contributed by atoms with Crippen molar-refractivity contribution in [2.24, 2.45) is 0 Å². The maximum absolute atomic E-state index is 6.13. The van der Waals surface area contributed by atoms with Gasteiger partial charge in [0.25, 0.3) is 0 Å². The third-order valence-electron chi connectivity index (χ3n) is 4.44. The van der Waals surface area contributed by atoms with Crippen molar-refractivity contribution in [3.8, 4) is 0 Å². The zero-order valence-corrected chi connectivity index (χ0v) is 16.1. The second-order valence-corrected chi connectivity index (χ2v) is 8.69. The highest BCUT2D eigenvalue weighted by Gasteiger charge is 2.29. The number of hydrogen-bond acceptors (Lipinski definition) is 6. The minimum absolute atomic E-state index is 0.144. The van der Waals surface area contributed by atoms with Crippen molar-refractivity contribution in [2.75, 3.05) is 46.1 Å². The van der Waals surface area contributed by atoms with Crippen LogP contribution in [0.15, 0.2) is 0 Å². The van der Waals surface area contributed by atoms with E-state index in [-0.39, 0.29) is 17.2 Å². The van der Waals surface area contributed by atoms with Crippen molar-refractivity contribution in [1.82, 2.24) is 16.0 Å². The van der Waals surface area contributed by atoms with E-state index in [0.717, 1.165) is 45.9 Å². The smallest absolute Gasteiger partial charge is 0.0727 e. The normalized spacial score (nSPS) is 29.6. The van der Waals surface area contributed by atoms with Crippen LogP contribution in [-0.2, 0) is 14.2 Å². The molecule has 2 fully saturated rings. The third-order valence-corrected chi connectivity index (χ3v) is 4.44. The molecule has 2 aliphatic rings. The van der Waals surface area contributed by atoms with Crippen LogP contribution < -0.4 is 16.0 Å².